The van der Waals surface area contributed by atoms with Crippen LogP contribution in [0.4, 0.5) is 0 Å². The summed E-state index contributed by atoms with van der Waals surface area (Å²) in [5.74, 6) is -0.110. The van der Waals surface area contributed by atoms with Gasteiger partial charge in [0.25, 0.3) is 0 Å². The Balaban J connectivity index is 1.75. The molecule has 2 aromatic rings. The third-order valence-corrected chi connectivity index (χ3v) is 4.09. The number of rotatable bonds is 9. The monoisotopic (exact) mass is 339 g/mol. The Bertz CT molecular complexity index is 690. The Hall–Kier alpha value is -2.46. The fraction of sp³-hybridized carbons (Fsp3) is 0.333. The number of nitrogens with one attached hydrogen (secondary N) is 1. The second kappa shape index (κ2) is 9.74. The molecule has 0 aromatic heterocycles. The van der Waals surface area contributed by atoms with Gasteiger partial charge in [-0.05, 0) is 23.1 Å². The van der Waals surface area contributed by atoms with Gasteiger partial charge in [-0.3, -0.25) is 9.59 Å². The van der Waals surface area contributed by atoms with Gasteiger partial charge in [0.05, 0.1) is 6.61 Å². The van der Waals surface area contributed by atoms with Crippen molar-refractivity contribution in [1.29, 1.82) is 0 Å². The zero-order chi connectivity index (χ0) is 18.1. The van der Waals surface area contributed by atoms with Crippen LogP contribution in [0, 0.1) is 0 Å². The quantitative estimate of drug-likeness (QED) is 0.709. The summed E-state index contributed by atoms with van der Waals surface area (Å²) < 4.78 is 5.07. The molecule has 0 heterocycles. The van der Waals surface area contributed by atoms with Gasteiger partial charge >= 0.3 is 0 Å². The summed E-state index contributed by atoms with van der Waals surface area (Å²) in [5.41, 5.74) is 3.98. The van der Waals surface area contributed by atoms with Gasteiger partial charge in [-0.25, -0.2) is 0 Å². The molecule has 0 aliphatic heterocycles. The van der Waals surface area contributed by atoms with Crippen LogP contribution in [0.2, 0.25) is 0 Å². The molecule has 1 amide bonds. The highest BCUT2D eigenvalue weighted by Crippen LogP contribution is 2.09. The van der Waals surface area contributed by atoms with E-state index in [1.54, 1.807) is 7.11 Å². The molecule has 0 spiro atoms. The lowest BCUT2D eigenvalue weighted by Gasteiger charge is -2.07. The van der Waals surface area contributed by atoms with Gasteiger partial charge in [-0.15, -0.1) is 0 Å². The Morgan fingerprint density at radius 1 is 0.880 bits per heavy atom. The Morgan fingerprint density at radius 2 is 1.48 bits per heavy atom. The molecule has 0 saturated carbocycles. The highest BCUT2D eigenvalue weighted by molar-refractivity contribution is 5.97. The lowest BCUT2D eigenvalue weighted by Crippen LogP contribution is -2.23. The summed E-state index contributed by atoms with van der Waals surface area (Å²) in [4.78, 5) is 24.1. The summed E-state index contributed by atoms with van der Waals surface area (Å²) in [6.45, 7) is 3.12. The van der Waals surface area contributed by atoms with Crippen LogP contribution in [-0.2, 0) is 29.1 Å². The molecule has 0 saturated heterocycles. The maximum absolute atomic E-state index is 12.1. The lowest BCUT2D eigenvalue weighted by atomic mass is 10.0. The van der Waals surface area contributed by atoms with Crippen LogP contribution in [0.25, 0.3) is 0 Å². The van der Waals surface area contributed by atoms with E-state index in [0.29, 0.717) is 18.7 Å². The van der Waals surface area contributed by atoms with E-state index < -0.39 is 0 Å². The third-order valence-electron chi connectivity index (χ3n) is 4.09. The van der Waals surface area contributed by atoms with E-state index in [-0.39, 0.29) is 24.5 Å². The van der Waals surface area contributed by atoms with Crippen molar-refractivity contribution in [2.24, 2.45) is 0 Å². The van der Waals surface area contributed by atoms with Crippen LogP contribution >= 0.6 is 0 Å². The summed E-state index contributed by atoms with van der Waals surface area (Å²) in [6.07, 6.45) is 1.38. The molecule has 0 unspecified atom stereocenters. The molecule has 2 aromatic carbocycles. The molecule has 0 fully saturated rings. The first kappa shape index (κ1) is 18.9. The fourth-order valence-corrected chi connectivity index (χ4v) is 2.51. The van der Waals surface area contributed by atoms with E-state index in [2.05, 4.69) is 12.2 Å². The Kier molecular flexibility index (Phi) is 7.36. The topological polar surface area (TPSA) is 55.4 Å². The summed E-state index contributed by atoms with van der Waals surface area (Å²) in [7, 11) is 1.66. The van der Waals surface area contributed by atoms with Crippen LogP contribution < -0.4 is 5.32 Å². The highest BCUT2D eigenvalue weighted by atomic mass is 16.5. The van der Waals surface area contributed by atoms with Gasteiger partial charge in [0, 0.05) is 32.1 Å². The first-order valence-corrected chi connectivity index (χ1v) is 8.58. The molecule has 0 aliphatic carbocycles. The van der Waals surface area contributed by atoms with Crippen LogP contribution in [0.1, 0.15) is 46.8 Å². The van der Waals surface area contributed by atoms with Crippen LogP contribution in [0.5, 0.6) is 0 Å². The maximum atomic E-state index is 12.1. The molecule has 0 bridgehead atoms. The van der Waals surface area contributed by atoms with E-state index in [1.807, 2.05) is 48.5 Å². The Labute approximate surface area is 149 Å². The first-order valence-electron chi connectivity index (χ1n) is 8.58. The predicted octanol–water partition coefficient (Wildman–Crippen LogP) is 3.67. The molecule has 0 radical (unpaired) electrons. The molecule has 0 aliphatic rings. The van der Waals surface area contributed by atoms with Crippen LogP contribution in [0.15, 0.2) is 48.5 Å². The summed E-state index contributed by atoms with van der Waals surface area (Å²) in [6, 6.07) is 15.5. The largest absolute Gasteiger partial charge is 0.380 e. The number of Topliss-reactive ketones (excluding diaryl/α,β-unsaturated/α-hetero) is 1. The van der Waals surface area contributed by atoms with Gasteiger partial charge in [0.15, 0.2) is 5.78 Å². The zero-order valence-corrected chi connectivity index (χ0v) is 14.9. The van der Waals surface area contributed by atoms with E-state index in [1.165, 1.54) is 5.56 Å². The number of hydrogen-bond donors (Lipinski definition) is 1. The minimum absolute atomic E-state index is 0.00159. The maximum Gasteiger partial charge on any atom is 0.220 e. The third kappa shape index (κ3) is 6.16. The number of methoxy groups -OCH3 is 1. The van der Waals surface area contributed by atoms with E-state index in [4.69, 9.17) is 4.74 Å². The second-order valence-electron chi connectivity index (χ2n) is 6.00. The van der Waals surface area contributed by atoms with Crippen molar-refractivity contribution in [3.8, 4) is 0 Å². The number of carbonyl (C=O) groups excluding carboxylic acids is 2. The van der Waals surface area contributed by atoms with Crippen LogP contribution in [0.3, 0.4) is 0 Å². The number of carbonyl (C=O) groups is 2. The minimum Gasteiger partial charge on any atom is -0.380 e. The highest BCUT2D eigenvalue weighted by Gasteiger charge is 2.09. The van der Waals surface area contributed by atoms with Gasteiger partial charge in [0.2, 0.25) is 5.91 Å². The van der Waals surface area contributed by atoms with Crippen molar-refractivity contribution in [3.63, 3.8) is 0 Å². The molecule has 1 N–H and O–H groups in total. The molecule has 132 valence electrons. The summed E-state index contributed by atoms with van der Waals surface area (Å²) >= 11 is 0. The summed E-state index contributed by atoms with van der Waals surface area (Å²) in [5, 5.41) is 2.85. The Morgan fingerprint density at radius 3 is 2.08 bits per heavy atom. The van der Waals surface area contributed by atoms with Gasteiger partial charge in [-0.1, -0.05) is 55.5 Å². The normalized spacial score (nSPS) is 10.5. The van der Waals surface area contributed by atoms with Crippen molar-refractivity contribution in [2.75, 3.05) is 7.11 Å². The number of ether oxygens (including phenoxy) is 1. The van der Waals surface area contributed by atoms with Gasteiger partial charge < -0.3 is 10.1 Å². The number of aryl methyl sites for hydroxylation is 1. The number of benzene rings is 2. The lowest BCUT2D eigenvalue weighted by molar-refractivity contribution is -0.121. The van der Waals surface area contributed by atoms with Crippen molar-refractivity contribution in [3.05, 3.63) is 70.8 Å². The standard InChI is InChI=1S/C21H25NO3/c1-3-16-8-10-19(11-9-16)20(23)12-13-21(24)22-14-17-4-6-18(7-5-17)15-25-2/h4-11H,3,12-15H2,1-2H3,(H,22,24). The molecular weight excluding hydrogens is 314 g/mol. The average molecular weight is 339 g/mol. The van der Waals surface area contributed by atoms with Crippen molar-refractivity contribution in [2.45, 2.75) is 39.3 Å². The fourth-order valence-electron chi connectivity index (χ4n) is 2.51. The van der Waals surface area contributed by atoms with E-state index in [9.17, 15) is 9.59 Å². The molecular formula is C21H25NO3. The zero-order valence-electron chi connectivity index (χ0n) is 14.9. The van der Waals surface area contributed by atoms with Gasteiger partial charge in [0.1, 0.15) is 0 Å². The molecule has 0 atom stereocenters. The average Bonchev–Trinajstić information content (AvgIpc) is 2.66. The van der Waals surface area contributed by atoms with Crippen molar-refractivity contribution >= 4 is 11.7 Å². The molecule has 25 heavy (non-hydrogen) atoms. The number of amides is 1. The van der Waals surface area contributed by atoms with E-state index in [0.717, 1.165) is 17.5 Å². The predicted molar refractivity (Wildman–Crippen MR) is 98.4 cm³/mol. The molecule has 2 rings (SSSR count). The minimum atomic E-state index is -0.112. The molecule has 4 heteroatoms. The van der Waals surface area contributed by atoms with Gasteiger partial charge in [-0.2, -0.15) is 0 Å². The number of ketones is 1. The van der Waals surface area contributed by atoms with Crippen LogP contribution in [-0.4, -0.2) is 18.8 Å². The SMILES string of the molecule is CCc1ccc(C(=O)CCC(=O)NCc2ccc(COC)cc2)cc1. The smallest absolute Gasteiger partial charge is 0.220 e. The molecule has 4 nitrogen and oxygen atoms in total. The first-order chi connectivity index (χ1) is 12.1. The van der Waals surface area contributed by atoms with Crippen molar-refractivity contribution < 1.29 is 14.3 Å². The second-order valence-corrected chi connectivity index (χ2v) is 6.00. The number of hydrogen-bond acceptors (Lipinski definition) is 3. The van der Waals surface area contributed by atoms with Crippen molar-refractivity contribution in [1.82, 2.24) is 5.32 Å². The van der Waals surface area contributed by atoms with E-state index >= 15 is 0 Å².